The molecule has 0 saturated heterocycles. The summed E-state index contributed by atoms with van der Waals surface area (Å²) in [4.78, 5) is 0. The molecular formula is C17H15ClFNO. The smallest absolute Gasteiger partial charge is 0.129 e. The van der Waals surface area contributed by atoms with Crippen molar-refractivity contribution in [3.8, 4) is 5.75 Å². The number of fused-ring (bicyclic) bond motifs is 1. The van der Waals surface area contributed by atoms with Crippen LogP contribution in [0.4, 0.5) is 4.39 Å². The lowest BCUT2D eigenvalue weighted by Crippen LogP contribution is -2.00. The lowest BCUT2D eigenvalue weighted by molar-refractivity contribution is 0.344. The second kappa shape index (κ2) is 5.78. The van der Waals surface area contributed by atoms with Crippen LogP contribution < -0.4 is 4.74 Å². The molecule has 0 radical (unpaired) electrons. The van der Waals surface area contributed by atoms with Crippen molar-refractivity contribution in [3.05, 3.63) is 65.1 Å². The Kier molecular flexibility index (Phi) is 3.84. The zero-order valence-electron chi connectivity index (χ0n) is 11.6. The van der Waals surface area contributed by atoms with E-state index in [4.69, 9.17) is 16.3 Å². The number of halogens is 2. The summed E-state index contributed by atoms with van der Waals surface area (Å²) in [7, 11) is 0. The van der Waals surface area contributed by atoms with Gasteiger partial charge in [0.05, 0.1) is 18.7 Å². The van der Waals surface area contributed by atoms with Crippen molar-refractivity contribution in [2.24, 2.45) is 0 Å². The van der Waals surface area contributed by atoms with E-state index in [-0.39, 0.29) is 5.82 Å². The maximum Gasteiger partial charge on any atom is 0.129 e. The van der Waals surface area contributed by atoms with Crippen LogP contribution in [0.5, 0.6) is 5.75 Å². The first-order chi connectivity index (χ1) is 10.2. The number of benzene rings is 2. The van der Waals surface area contributed by atoms with Gasteiger partial charge in [0, 0.05) is 22.2 Å². The van der Waals surface area contributed by atoms with Gasteiger partial charge in [0.25, 0.3) is 0 Å². The Hall–Kier alpha value is -2.00. The first-order valence-electron chi connectivity index (χ1n) is 6.83. The van der Waals surface area contributed by atoms with E-state index in [2.05, 4.69) is 0 Å². The monoisotopic (exact) mass is 303 g/mol. The van der Waals surface area contributed by atoms with Crippen LogP contribution in [0.15, 0.2) is 48.7 Å². The molecule has 1 aromatic heterocycles. The average molecular weight is 304 g/mol. The van der Waals surface area contributed by atoms with Gasteiger partial charge in [-0.1, -0.05) is 23.7 Å². The van der Waals surface area contributed by atoms with Crippen LogP contribution in [0.25, 0.3) is 10.9 Å². The highest BCUT2D eigenvalue weighted by Gasteiger charge is 2.09. The van der Waals surface area contributed by atoms with Crippen LogP contribution in [0.3, 0.4) is 0 Å². The third kappa shape index (κ3) is 2.74. The Labute approximate surface area is 127 Å². The topological polar surface area (TPSA) is 14.2 Å². The van der Waals surface area contributed by atoms with Crippen LogP contribution in [-0.4, -0.2) is 11.2 Å². The summed E-state index contributed by atoms with van der Waals surface area (Å²) in [6.07, 6.45) is 1.95. The van der Waals surface area contributed by atoms with Gasteiger partial charge in [-0.25, -0.2) is 4.39 Å². The number of hydrogen-bond acceptors (Lipinski definition) is 1. The standard InChI is InChI=1S/C17H15ClFNO/c1-2-21-17-5-3-4-16-14(17)8-9-20(16)11-12-6-7-13(18)10-15(12)19/h3-10H,2,11H2,1H3. The molecule has 0 atom stereocenters. The molecule has 0 N–H and O–H groups in total. The minimum absolute atomic E-state index is 0.287. The van der Waals surface area contributed by atoms with E-state index in [9.17, 15) is 4.39 Å². The Morgan fingerprint density at radius 2 is 2.05 bits per heavy atom. The second-order valence-corrected chi connectivity index (χ2v) is 5.24. The molecule has 0 fully saturated rings. The minimum atomic E-state index is -0.287. The number of rotatable bonds is 4. The highest BCUT2D eigenvalue weighted by Crippen LogP contribution is 2.27. The van der Waals surface area contributed by atoms with Crippen molar-refractivity contribution in [1.82, 2.24) is 4.57 Å². The van der Waals surface area contributed by atoms with Crippen molar-refractivity contribution in [2.75, 3.05) is 6.61 Å². The van der Waals surface area contributed by atoms with Crippen LogP contribution in [0.2, 0.25) is 5.02 Å². The van der Waals surface area contributed by atoms with Gasteiger partial charge in [-0.3, -0.25) is 0 Å². The van der Waals surface area contributed by atoms with Crippen molar-refractivity contribution in [1.29, 1.82) is 0 Å². The molecule has 2 nitrogen and oxygen atoms in total. The van der Waals surface area contributed by atoms with E-state index in [1.165, 1.54) is 6.07 Å². The van der Waals surface area contributed by atoms with E-state index < -0.39 is 0 Å². The Bertz CT molecular complexity index is 782. The maximum absolute atomic E-state index is 13.9. The highest BCUT2D eigenvalue weighted by atomic mass is 35.5. The summed E-state index contributed by atoms with van der Waals surface area (Å²) in [5.74, 6) is 0.565. The fourth-order valence-corrected chi connectivity index (χ4v) is 2.61. The lowest BCUT2D eigenvalue weighted by atomic mass is 10.2. The SMILES string of the molecule is CCOc1cccc2c1ccn2Cc1ccc(Cl)cc1F. The fourth-order valence-electron chi connectivity index (χ4n) is 2.45. The second-order valence-electron chi connectivity index (χ2n) is 4.80. The third-order valence-corrected chi connectivity index (χ3v) is 3.66. The Morgan fingerprint density at radius 1 is 1.19 bits per heavy atom. The predicted octanol–water partition coefficient (Wildman–Crippen LogP) is 4.88. The molecule has 4 heteroatoms. The van der Waals surface area contributed by atoms with Gasteiger partial charge in [-0.15, -0.1) is 0 Å². The molecule has 0 amide bonds. The number of hydrogen-bond donors (Lipinski definition) is 0. The zero-order chi connectivity index (χ0) is 14.8. The van der Waals surface area contributed by atoms with E-state index in [0.717, 1.165) is 16.7 Å². The molecule has 21 heavy (non-hydrogen) atoms. The molecular weight excluding hydrogens is 289 g/mol. The van der Waals surface area contributed by atoms with E-state index >= 15 is 0 Å². The predicted molar refractivity (Wildman–Crippen MR) is 83.6 cm³/mol. The summed E-state index contributed by atoms with van der Waals surface area (Å²) in [5.41, 5.74) is 1.63. The maximum atomic E-state index is 13.9. The molecule has 1 heterocycles. The van der Waals surface area contributed by atoms with Gasteiger partial charge in [0.15, 0.2) is 0 Å². The molecule has 0 aliphatic carbocycles. The van der Waals surface area contributed by atoms with Gasteiger partial charge >= 0.3 is 0 Å². The average Bonchev–Trinajstić information content (AvgIpc) is 2.87. The number of ether oxygens (including phenoxy) is 1. The fraction of sp³-hybridized carbons (Fsp3) is 0.176. The van der Waals surface area contributed by atoms with Crippen molar-refractivity contribution in [2.45, 2.75) is 13.5 Å². The van der Waals surface area contributed by atoms with Gasteiger partial charge in [-0.2, -0.15) is 0 Å². The number of nitrogens with zero attached hydrogens (tertiary/aromatic N) is 1. The zero-order valence-corrected chi connectivity index (χ0v) is 12.4. The largest absolute Gasteiger partial charge is 0.493 e. The van der Waals surface area contributed by atoms with E-state index in [1.807, 2.05) is 42.0 Å². The van der Waals surface area contributed by atoms with Gasteiger partial charge in [-0.05, 0) is 37.3 Å². The molecule has 108 valence electrons. The third-order valence-electron chi connectivity index (χ3n) is 3.43. The first-order valence-corrected chi connectivity index (χ1v) is 7.21. The Morgan fingerprint density at radius 3 is 2.81 bits per heavy atom. The quantitative estimate of drug-likeness (QED) is 0.670. The van der Waals surface area contributed by atoms with E-state index in [1.54, 1.807) is 12.1 Å². The van der Waals surface area contributed by atoms with E-state index in [0.29, 0.717) is 23.7 Å². The number of aromatic nitrogens is 1. The van der Waals surface area contributed by atoms with Crippen molar-refractivity contribution >= 4 is 22.5 Å². The molecule has 0 aliphatic rings. The molecule has 0 saturated carbocycles. The van der Waals surface area contributed by atoms with Gasteiger partial charge in [0.1, 0.15) is 11.6 Å². The Balaban J connectivity index is 1.99. The normalized spacial score (nSPS) is 11.0. The van der Waals surface area contributed by atoms with Crippen LogP contribution in [-0.2, 0) is 6.54 Å². The van der Waals surface area contributed by atoms with Gasteiger partial charge < -0.3 is 9.30 Å². The lowest BCUT2D eigenvalue weighted by Gasteiger charge is -2.09. The summed E-state index contributed by atoms with van der Waals surface area (Å²) in [6.45, 7) is 3.04. The van der Waals surface area contributed by atoms with Crippen LogP contribution in [0.1, 0.15) is 12.5 Å². The molecule has 3 rings (SSSR count). The molecule has 0 aliphatic heterocycles. The summed E-state index contributed by atoms with van der Waals surface area (Å²) in [6, 6.07) is 12.7. The van der Waals surface area contributed by atoms with Gasteiger partial charge in [0.2, 0.25) is 0 Å². The molecule has 2 aromatic carbocycles. The molecule has 0 unspecified atom stereocenters. The first kappa shape index (κ1) is 14.0. The minimum Gasteiger partial charge on any atom is -0.493 e. The molecule has 0 spiro atoms. The highest BCUT2D eigenvalue weighted by molar-refractivity contribution is 6.30. The van der Waals surface area contributed by atoms with Crippen molar-refractivity contribution in [3.63, 3.8) is 0 Å². The summed E-state index contributed by atoms with van der Waals surface area (Å²) >= 11 is 5.79. The van der Waals surface area contributed by atoms with Crippen LogP contribution >= 0.6 is 11.6 Å². The van der Waals surface area contributed by atoms with Crippen molar-refractivity contribution < 1.29 is 9.13 Å². The summed E-state index contributed by atoms with van der Waals surface area (Å²) < 4.78 is 21.5. The molecule has 0 bridgehead atoms. The molecule has 3 aromatic rings. The summed E-state index contributed by atoms with van der Waals surface area (Å²) in [5, 5.41) is 1.45. The van der Waals surface area contributed by atoms with Crippen LogP contribution in [0, 0.1) is 5.82 Å².